The number of hydrogen-bond donors (Lipinski definition) is 0. The molecule has 6 heteroatoms. The van der Waals surface area contributed by atoms with Gasteiger partial charge in [-0.05, 0) is 42.1 Å². The Kier molecular flexibility index (Phi) is 4.79. The summed E-state index contributed by atoms with van der Waals surface area (Å²) in [6.45, 7) is 2.30. The van der Waals surface area contributed by atoms with Crippen LogP contribution in [0, 0.1) is 6.92 Å². The van der Waals surface area contributed by atoms with Crippen LogP contribution in [0.25, 0.3) is 0 Å². The standard InChI is InChI=1S/C22H18N2O3S/c1-15-7-2-5-10-18(15)23(22(27)19-11-6-14-28-19)12-13-24-20(25)16-8-3-4-9-17(16)21(24)26/h2-11,14H,12-13H2,1H3. The molecule has 2 aromatic carbocycles. The number of imide groups is 1. The molecule has 0 spiro atoms. The number of anilines is 1. The molecule has 1 aromatic heterocycles. The maximum atomic E-state index is 13.1. The Hall–Kier alpha value is -3.25. The monoisotopic (exact) mass is 390 g/mol. The predicted octanol–water partition coefficient (Wildman–Crippen LogP) is 4.00. The number of carbonyl (C=O) groups is 3. The fourth-order valence-electron chi connectivity index (χ4n) is 3.37. The topological polar surface area (TPSA) is 57.7 Å². The van der Waals surface area contributed by atoms with Gasteiger partial charge >= 0.3 is 0 Å². The predicted molar refractivity (Wildman–Crippen MR) is 109 cm³/mol. The van der Waals surface area contributed by atoms with Gasteiger partial charge < -0.3 is 4.90 Å². The Bertz CT molecular complexity index is 1020. The fraction of sp³-hybridized carbons (Fsp3) is 0.136. The minimum Gasteiger partial charge on any atom is -0.306 e. The first-order valence-corrected chi connectivity index (χ1v) is 9.82. The lowest BCUT2D eigenvalue weighted by atomic mass is 10.1. The van der Waals surface area contributed by atoms with Gasteiger partial charge in [0.15, 0.2) is 0 Å². The van der Waals surface area contributed by atoms with Gasteiger partial charge in [-0.15, -0.1) is 11.3 Å². The van der Waals surface area contributed by atoms with E-state index in [9.17, 15) is 14.4 Å². The highest BCUT2D eigenvalue weighted by atomic mass is 32.1. The molecular formula is C22H18N2O3S. The molecule has 0 unspecified atom stereocenters. The number of carbonyl (C=O) groups excluding carboxylic acids is 3. The summed E-state index contributed by atoms with van der Waals surface area (Å²) in [6.07, 6.45) is 0. The Balaban J connectivity index is 1.61. The summed E-state index contributed by atoms with van der Waals surface area (Å²) in [5.41, 5.74) is 2.56. The largest absolute Gasteiger partial charge is 0.306 e. The second-order valence-electron chi connectivity index (χ2n) is 6.53. The molecule has 3 aromatic rings. The molecule has 1 aliphatic rings. The summed E-state index contributed by atoms with van der Waals surface area (Å²) in [5, 5.41) is 1.85. The SMILES string of the molecule is Cc1ccccc1N(CCN1C(=O)c2ccccc2C1=O)C(=O)c1cccs1. The third-order valence-corrected chi connectivity index (χ3v) is 5.67. The quantitative estimate of drug-likeness (QED) is 0.619. The number of rotatable bonds is 5. The molecule has 0 bridgehead atoms. The molecule has 5 nitrogen and oxygen atoms in total. The van der Waals surface area contributed by atoms with Gasteiger partial charge in [0.05, 0.1) is 16.0 Å². The van der Waals surface area contributed by atoms with Crippen molar-refractivity contribution >= 4 is 34.7 Å². The van der Waals surface area contributed by atoms with E-state index in [4.69, 9.17) is 0 Å². The van der Waals surface area contributed by atoms with Gasteiger partial charge in [0, 0.05) is 18.8 Å². The minimum absolute atomic E-state index is 0.137. The third kappa shape index (κ3) is 3.12. The van der Waals surface area contributed by atoms with E-state index in [-0.39, 0.29) is 30.8 Å². The van der Waals surface area contributed by atoms with Gasteiger partial charge in [-0.3, -0.25) is 19.3 Å². The lowest BCUT2D eigenvalue weighted by molar-refractivity contribution is 0.0654. The summed E-state index contributed by atoms with van der Waals surface area (Å²) in [7, 11) is 0. The van der Waals surface area contributed by atoms with Crippen molar-refractivity contribution < 1.29 is 14.4 Å². The number of aryl methyl sites for hydroxylation is 1. The number of benzene rings is 2. The lowest BCUT2D eigenvalue weighted by Gasteiger charge is -2.26. The minimum atomic E-state index is -0.311. The van der Waals surface area contributed by atoms with Gasteiger partial charge in [-0.1, -0.05) is 36.4 Å². The zero-order valence-electron chi connectivity index (χ0n) is 15.3. The lowest BCUT2D eigenvalue weighted by Crippen LogP contribution is -2.41. The zero-order valence-corrected chi connectivity index (χ0v) is 16.1. The van der Waals surface area contributed by atoms with Crippen LogP contribution in [-0.4, -0.2) is 35.7 Å². The van der Waals surface area contributed by atoms with Crippen molar-refractivity contribution in [2.75, 3.05) is 18.0 Å². The van der Waals surface area contributed by atoms with Crippen molar-refractivity contribution in [1.82, 2.24) is 4.90 Å². The van der Waals surface area contributed by atoms with Crippen LogP contribution in [0.5, 0.6) is 0 Å². The summed E-state index contributed by atoms with van der Waals surface area (Å²) >= 11 is 1.37. The van der Waals surface area contributed by atoms with Crippen LogP contribution in [0.1, 0.15) is 36.0 Å². The van der Waals surface area contributed by atoms with Crippen LogP contribution in [-0.2, 0) is 0 Å². The molecule has 0 saturated carbocycles. The molecule has 28 heavy (non-hydrogen) atoms. The van der Waals surface area contributed by atoms with Gasteiger partial charge in [0.1, 0.15) is 0 Å². The molecular weight excluding hydrogens is 372 g/mol. The molecule has 4 rings (SSSR count). The smallest absolute Gasteiger partial charge is 0.268 e. The zero-order chi connectivity index (χ0) is 19.7. The van der Waals surface area contributed by atoms with Crippen molar-refractivity contribution in [2.24, 2.45) is 0 Å². The third-order valence-electron chi connectivity index (χ3n) is 4.81. The average Bonchev–Trinajstić information content (AvgIpc) is 3.33. The maximum Gasteiger partial charge on any atom is 0.268 e. The molecule has 0 aliphatic carbocycles. The molecule has 0 radical (unpaired) electrons. The van der Waals surface area contributed by atoms with Crippen LogP contribution in [0.3, 0.4) is 0 Å². The fourth-order valence-corrected chi connectivity index (χ4v) is 4.05. The Morgan fingerprint density at radius 3 is 2.18 bits per heavy atom. The van der Waals surface area contributed by atoms with Gasteiger partial charge in [-0.25, -0.2) is 0 Å². The molecule has 140 valence electrons. The second-order valence-corrected chi connectivity index (χ2v) is 7.48. The number of para-hydroxylation sites is 1. The Morgan fingerprint density at radius 1 is 0.929 bits per heavy atom. The first-order chi connectivity index (χ1) is 13.6. The summed E-state index contributed by atoms with van der Waals surface area (Å²) in [5.74, 6) is -0.760. The molecule has 0 fully saturated rings. The van der Waals surface area contributed by atoms with Crippen LogP contribution in [0.4, 0.5) is 5.69 Å². The summed E-state index contributed by atoms with van der Waals surface area (Å²) in [4.78, 5) is 41.8. The molecule has 0 saturated heterocycles. The number of fused-ring (bicyclic) bond motifs is 1. The molecule has 0 N–H and O–H groups in total. The molecule has 1 aliphatic heterocycles. The number of hydrogen-bond acceptors (Lipinski definition) is 4. The first kappa shape index (κ1) is 18.1. The number of thiophene rings is 1. The highest BCUT2D eigenvalue weighted by Gasteiger charge is 2.35. The van der Waals surface area contributed by atoms with E-state index in [2.05, 4.69) is 0 Å². The second kappa shape index (κ2) is 7.40. The van der Waals surface area contributed by atoms with E-state index in [1.807, 2.05) is 42.6 Å². The Morgan fingerprint density at radius 2 is 1.57 bits per heavy atom. The molecule has 3 amide bonds. The highest BCUT2D eigenvalue weighted by molar-refractivity contribution is 7.12. The van der Waals surface area contributed by atoms with Crippen molar-refractivity contribution in [2.45, 2.75) is 6.92 Å². The van der Waals surface area contributed by atoms with Crippen molar-refractivity contribution in [3.63, 3.8) is 0 Å². The van der Waals surface area contributed by atoms with E-state index >= 15 is 0 Å². The highest BCUT2D eigenvalue weighted by Crippen LogP contribution is 2.25. The van der Waals surface area contributed by atoms with Crippen LogP contribution in [0.2, 0.25) is 0 Å². The first-order valence-electron chi connectivity index (χ1n) is 8.94. The van der Waals surface area contributed by atoms with Gasteiger partial charge in [0.25, 0.3) is 17.7 Å². The number of amides is 3. The van der Waals surface area contributed by atoms with Crippen molar-refractivity contribution in [3.05, 3.63) is 87.6 Å². The normalized spacial score (nSPS) is 13.0. The van der Waals surface area contributed by atoms with E-state index in [0.717, 1.165) is 11.3 Å². The van der Waals surface area contributed by atoms with Crippen LogP contribution >= 0.6 is 11.3 Å². The Labute approximate surface area is 166 Å². The van der Waals surface area contributed by atoms with Gasteiger partial charge in [0.2, 0.25) is 0 Å². The van der Waals surface area contributed by atoms with E-state index in [1.165, 1.54) is 16.2 Å². The van der Waals surface area contributed by atoms with E-state index in [0.29, 0.717) is 16.0 Å². The average molecular weight is 390 g/mol. The summed E-state index contributed by atoms with van der Waals surface area (Å²) in [6, 6.07) is 18.0. The number of nitrogens with zero attached hydrogens (tertiary/aromatic N) is 2. The van der Waals surface area contributed by atoms with Crippen LogP contribution in [0.15, 0.2) is 66.0 Å². The van der Waals surface area contributed by atoms with Crippen molar-refractivity contribution in [3.8, 4) is 0 Å². The maximum absolute atomic E-state index is 13.1. The molecule has 0 atom stereocenters. The molecule has 2 heterocycles. The summed E-state index contributed by atoms with van der Waals surface area (Å²) < 4.78 is 0. The van der Waals surface area contributed by atoms with Crippen molar-refractivity contribution in [1.29, 1.82) is 0 Å². The van der Waals surface area contributed by atoms with E-state index < -0.39 is 0 Å². The van der Waals surface area contributed by atoms with Gasteiger partial charge in [-0.2, -0.15) is 0 Å². The van der Waals surface area contributed by atoms with E-state index in [1.54, 1.807) is 35.2 Å². The van der Waals surface area contributed by atoms with Crippen LogP contribution < -0.4 is 4.90 Å².